The first-order valence-corrected chi connectivity index (χ1v) is 7.38. The Morgan fingerprint density at radius 3 is 2.08 bits per heavy atom. The number of carbonyl (C=O) groups is 1. The van der Waals surface area contributed by atoms with Crippen molar-refractivity contribution >= 4 is 11.6 Å². The summed E-state index contributed by atoms with van der Waals surface area (Å²) in [7, 11) is 0. The molecule has 3 nitrogen and oxygen atoms in total. The van der Waals surface area contributed by atoms with Gasteiger partial charge in [0.05, 0.1) is 5.56 Å². The summed E-state index contributed by atoms with van der Waals surface area (Å²) in [6, 6.07) is 9.88. The molecule has 24 heavy (non-hydrogen) atoms. The van der Waals surface area contributed by atoms with Crippen LogP contribution in [0.5, 0.6) is 5.75 Å². The van der Waals surface area contributed by atoms with Crippen molar-refractivity contribution in [1.29, 1.82) is 0 Å². The van der Waals surface area contributed by atoms with Crippen LogP contribution in [0.4, 0.5) is 18.9 Å². The Morgan fingerprint density at radius 2 is 1.58 bits per heavy atom. The van der Waals surface area contributed by atoms with Crippen molar-refractivity contribution < 1.29 is 22.7 Å². The number of aryl methyl sites for hydroxylation is 2. The minimum absolute atomic E-state index is 0.281. The molecule has 0 heterocycles. The number of anilines is 1. The van der Waals surface area contributed by atoms with Crippen LogP contribution in [0.15, 0.2) is 42.5 Å². The van der Waals surface area contributed by atoms with E-state index in [2.05, 4.69) is 5.32 Å². The number of hydrogen-bond acceptors (Lipinski definition) is 2. The van der Waals surface area contributed by atoms with Crippen LogP contribution in [0.1, 0.15) is 23.6 Å². The van der Waals surface area contributed by atoms with Gasteiger partial charge in [-0.25, -0.2) is 0 Å². The quantitative estimate of drug-likeness (QED) is 0.876. The lowest BCUT2D eigenvalue weighted by atomic mass is 10.1. The number of benzene rings is 2. The summed E-state index contributed by atoms with van der Waals surface area (Å²) in [5.41, 5.74) is 1.55. The lowest BCUT2D eigenvalue weighted by Gasteiger charge is -2.16. The molecule has 0 radical (unpaired) electrons. The first-order chi connectivity index (χ1) is 11.1. The monoisotopic (exact) mass is 337 g/mol. The predicted molar refractivity (Wildman–Crippen MR) is 86.1 cm³/mol. The second-order valence-electron chi connectivity index (χ2n) is 5.65. The number of alkyl halides is 3. The van der Waals surface area contributed by atoms with E-state index in [9.17, 15) is 18.0 Å². The van der Waals surface area contributed by atoms with Crippen LogP contribution in [0.25, 0.3) is 0 Å². The van der Waals surface area contributed by atoms with Crippen molar-refractivity contribution in [3.05, 3.63) is 59.2 Å². The molecule has 0 aliphatic carbocycles. The van der Waals surface area contributed by atoms with Crippen molar-refractivity contribution in [2.75, 3.05) is 5.32 Å². The normalized spacial score (nSPS) is 12.6. The van der Waals surface area contributed by atoms with E-state index in [0.29, 0.717) is 5.75 Å². The molecule has 1 atom stereocenters. The van der Waals surface area contributed by atoms with Crippen molar-refractivity contribution in [2.45, 2.75) is 33.1 Å². The minimum Gasteiger partial charge on any atom is -0.481 e. The summed E-state index contributed by atoms with van der Waals surface area (Å²) in [5.74, 6) is 0.136. The van der Waals surface area contributed by atoms with Gasteiger partial charge in [-0.05, 0) is 68.3 Å². The van der Waals surface area contributed by atoms with Gasteiger partial charge >= 0.3 is 6.18 Å². The van der Waals surface area contributed by atoms with Crippen LogP contribution < -0.4 is 10.1 Å². The van der Waals surface area contributed by atoms with E-state index in [1.165, 1.54) is 12.1 Å². The molecule has 0 saturated heterocycles. The average molecular weight is 337 g/mol. The van der Waals surface area contributed by atoms with E-state index in [1.54, 1.807) is 6.92 Å². The van der Waals surface area contributed by atoms with E-state index in [0.717, 1.165) is 23.3 Å². The highest BCUT2D eigenvalue weighted by atomic mass is 19.4. The number of ether oxygens (including phenoxy) is 1. The van der Waals surface area contributed by atoms with E-state index in [1.807, 2.05) is 32.0 Å². The van der Waals surface area contributed by atoms with E-state index >= 15 is 0 Å². The molecule has 2 rings (SSSR count). The van der Waals surface area contributed by atoms with E-state index in [-0.39, 0.29) is 5.69 Å². The third-order valence-corrected chi connectivity index (χ3v) is 3.36. The number of rotatable bonds is 4. The third kappa shape index (κ3) is 4.75. The van der Waals surface area contributed by atoms with Gasteiger partial charge in [-0.3, -0.25) is 4.79 Å². The Bertz CT molecular complexity index is 704. The maximum Gasteiger partial charge on any atom is 0.416 e. The Hall–Kier alpha value is -2.50. The number of nitrogens with one attached hydrogen (secondary N) is 1. The Labute approximate surface area is 138 Å². The molecule has 0 saturated carbocycles. The fourth-order valence-corrected chi connectivity index (χ4v) is 2.25. The zero-order valence-electron chi connectivity index (χ0n) is 13.6. The summed E-state index contributed by atoms with van der Waals surface area (Å²) >= 11 is 0. The third-order valence-electron chi connectivity index (χ3n) is 3.36. The zero-order chi connectivity index (χ0) is 17.9. The zero-order valence-corrected chi connectivity index (χ0v) is 13.6. The summed E-state index contributed by atoms with van der Waals surface area (Å²) in [6.07, 6.45) is -5.18. The largest absolute Gasteiger partial charge is 0.481 e. The molecule has 0 bridgehead atoms. The number of carbonyl (C=O) groups excluding carboxylic acids is 1. The van der Waals surface area contributed by atoms with Gasteiger partial charge in [0.25, 0.3) is 5.91 Å². The first kappa shape index (κ1) is 17.8. The SMILES string of the molecule is Cc1cc(C)cc(O[C@H](C)C(=O)Nc2ccc(C(F)(F)F)cc2)c1. The smallest absolute Gasteiger partial charge is 0.416 e. The maximum atomic E-state index is 12.5. The van der Waals surface area contributed by atoms with Crippen molar-refractivity contribution in [3.63, 3.8) is 0 Å². The highest BCUT2D eigenvalue weighted by Crippen LogP contribution is 2.29. The molecule has 0 aliphatic rings. The molecule has 0 aromatic heterocycles. The molecular formula is C18H18F3NO2. The van der Waals surface area contributed by atoms with E-state index in [4.69, 9.17) is 4.74 Å². The number of halogens is 3. The molecule has 2 aromatic carbocycles. The van der Waals surface area contributed by atoms with Gasteiger partial charge in [0.15, 0.2) is 6.10 Å². The molecular weight excluding hydrogens is 319 g/mol. The molecule has 0 spiro atoms. The van der Waals surface area contributed by atoms with Gasteiger partial charge in [0.1, 0.15) is 5.75 Å². The Morgan fingerprint density at radius 1 is 1.04 bits per heavy atom. The van der Waals surface area contributed by atoms with Gasteiger partial charge < -0.3 is 10.1 Å². The maximum absolute atomic E-state index is 12.5. The molecule has 6 heteroatoms. The Kier molecular flexibility index (Phi) is 5.17. The summed E-state index contributed by atoms with van der Waals surface area (Å²) in [4.78, 5) is 12.1. The first-order valence-electron chi connectivity index (χ1n) is 7.38. The molecule has 1 N–H and O–H groups in total. The van der Waals surface area contributed by atoms with E-state index < -0.39 is 23.8 Å². The summed E-state index contributed by atoms with van der Waals surface area (Å²) in [5, 5.41) is 2.54. The second kappa shape index (κ2) is 6.95. The number of hydrogen-bond donors (Lipinski definition) is 1. The molecule has 0 aliphatic heterocycles. The molecule has 0 unspecified atom stereocenters. The van der Waals surface area contributed by atoms with Crippen LogP contribution in [-0.2, 0) is 11.0 Å². The lowest BCUT2D eigenvalue weighted by molar-refractivity contribution is -0.137. The molecule has 2 aromatic rings. The highest BCUT2D eigenvalue weighted by Gasteiger charge is 2.30. The summed E-state index contributed by atoms with van der Waals surface area (Å²) < 4.78 is 43.1. The topological polar surface area (TPSA) is 38.3 Å². The van der Waals surface area contributed by atoms with Gasteiger partial charge in [-0.2, -0.15) is 13.2 Å². The van der Waals surface area contributed by atoms with Crippen LogP contribution >= 0.6 is 0 Å². The van der Waals surface area contributed by atoms with Crippen LogP contribution in [0, 0.1) is 13.8 Å². The molecule has 1 amide bonds. The average Bonchev–Trinajstić information content (AvgIpc) is 2.45. The predicted octanol–water partition coefficient (Wildman–Crippen LogP) is 4.73. The second-order valence-corrected chi connectivity index (χ2v) is 5.65. The summed E-state index contributed by atoms with van der Waals surface area (Å²) in [6.45, 7) is 5.43. The fourth-order valence-electron chi connectivity index (χ4n) is 2.25. The molecule has 128 valence electrons. The van der Waals surface area contributed by atoms with Crippen LogP contribution in [0.3, 0.4) is 0 Å². The molecule has 0 fully saturated rings. The van der Waals surface area contributed by atoms with Crippen LogP contribution in [-0.4, -0.2) is 12.0 Å². The highest BCUT2D eigenvalue weighted by molar-refractivity contribution is 5.94. The fraction of sp³-hybridized carbons (Fsp3) is 0.278. The Balaban J connectivity index is 2.01. The minimum atomic E-state index is -4.40. The van der Waals surface area contributed by atoms with Crippen molar-refractivity contribution in [3.8, 4) is 5.75 Å². The number of amides is 1. The van der Waals surface area contributed by atoms with Gasteiger partial charge in [0, 0.05) is 5.69 Å². The van der Waals surface area contributed by atoms with Crippen molar-refractivity contribution in [1.82, 2.24) is 0 Å². The van der Waals surface area contributed by atoms with Crippen molar-refractivity contribution in [2.24, 2.45) is 0 Å². The van der Waals surface area contributed by atoms with Gasteiger partial charge in [0.2, 0.25) is 0 Å². The standard InChI is InChI=1S/C18H18F3NO2/c1-11-8-12(2)10-16(9-11)24-13(3)17(23)22-15-6-4-14(5-7-15)18(19,20)21/h4-10,13H,1-3H3,(H,22,23)/t13-/m1/s1. The van der Waals surface area contributed by atoms with Crippen LogP contribution in [0.2, 0.25) is 0 Å². The van der Waals surface area contributed by atoms with Gasteiger partial charge in [-0.1, -0.05) is 6.07 Å². The van der Waals surface area contributed by atoms with Gasteiger partial charge in [-0.15, -0.1) is 0 Å². The lowest BCUT2D eigenvalue weighted by Crippen LogP contribution is -2.30.